The number of hydrogen-bond donors (Lipinski definition) is 0. The molecule has 3 aromatic rings. The van der Waals surface area contributed by atoms with Gasteiger partial charge in [0.25, 0.3) is 0 Å². The van der Waals surface area contributed by atoms with Gasteiger partial charge >= 0.3 is 5.97 Å². The lowest BCUT2D eigenvalue weighted by atomic mass is 9.48. The van der Waals surface area contributed by atoms with E-state index < -0.39 is 5.97 Å². The van der Waals surface area contributed by atoms with Gasteiger partial charge in [-0.1, -0.05) is 18.2 Å². The van der Waals surface area contributed by atoms with Gasteiger partial charge in [0.1, 0.15) is 11.3 Å². The Balaban J connectivity index is 1.20. The molecule has 5 heteroatoms. The number of rotatable bonds is 7. The van der Waals surface area contributed by atoms with Crippen LogP contribution in [0.25, 0.3) is 0 Å². The summed E-state index contributed by atoms with van der Waals surface area (Å²) in [6.45, 7) is 0. The van der Waals surface area contributed by atoms with Crippen LogP contribution < -0.4 is 14.5 Å². The highest BCUT2D eigenvalue weighted by Gasteiger charge is 2.51. The van der Waals surface area contributed by atoms with Crippen molar-refractivity contribution in [2.24, 2.45) is 17.8 Å². The molecule has 0 atom stereocenters. The third-order valence-corrected chi connectivity index (χ3v) is 9.50. The van der Waals surface area contributed by atoms with E-state index in [2.05, 4.69) is 60.5 Å². The van der Waals surface area contributed by atoms with Crippen molar-refractivity contribution in [3.05, 3.63) is 77.9 Å². The zero-order valence-corrected chi connectivity index (χ0v) is 22.9. The Morgan fingerprint density at radius 3 is 1.74 bits per heavy atom. The lowest BCUT2D eigenvalue weighted by molar-refractivity contribution is -0.00518. The Labute approximate surface area is 226 Å². The van der Waals surface area contributed by atoms with Crippen molar-refractivity contribution in [1.82, 2.24) is 0 Å². The fraction of sp³-hybridized carbons (Fsp3) is 0.424. The van der Waals surface area contributed by atoms with Gasteiger partial charge in [0.15, 0.2) is 0 Å². The van der Waals surface area contributed by atoms with E-state index in [-0.39, 0.29) is 0 Å². The van der Waals surface area contributed by atoms with E-state index in [1.165, 1.54) is 51.3 Å². The zero-order chi connectivity index (χ0) is 26.4. The molecule has 7 rings (SSSR count). The minimum Gasteiger partial charge on any atom is -0.496 e. The van der Waals surface area contributed by atoms with Gasteiger partial charge in [-0.25, -0.2) is 4.79 Å². The van der Waals surface area contributed by atoms with Gasteiger partial charge in [0, 0.05) is 31.2 Å². The summed E-state index contributed by atoms with van der Waals surface area (Å²) in [4.78, 5) is 16.7. The number of anilines is 4. The molecule has 4 aliphatic rings. The standard InChI is InChI=1S/C33H38N2O3/c1-34(26-10-8-25(9-11-26)33-19-22-16-23(20-33)18-24(17-22)21-33)27-12-14-28(15-13-27)35(2)29-6-5-7-30(37-3)31(29)32(36)38-4/h5-15,22-24H,16-21H2,1-4H3. The predicted octanol–water partition coefficient (Wildman–Crippen LogP) is 7.49. The molecular weight excluding hydrogens is 472 g/mol. The molecule has 0 heterocycles. The van der Waals surface area contributed by atoms with Gasteiger partial charge < -0.3 is 19.3 Å². The first kappa shape index (κ1) is 24.8. The van der Waals surface area contributed by atoms with Crippen LogP contribution in [0.1, 0.15) is 54.4 Å². The first-order valence-electron chi connectivity index (χ1n) is 13.8. The average Bonchev–Trinajstić information content (AvgIpc) is 2.95. The number of nitrogens with zero attached hydrogens (tertiary/aromatic N) is 2. The highest BCUT2D eigenvalue weighted by atomic mass is 16.5. The number of methoxy groups -OCH3 is 2. The molecular formula is C33H38N2O3. The highest BCUT2D eigenvalue weighted by Crippen LogP contribution is 2.60. The van der Waals surface area contributed by atoms with Gasteiger partial charge in [-0.15, -0.1) is 0 Å². The SMILES string of the molecule is COC(=O)c1c(OC)cccc1N(C)c1ccc(N(C)c2ccc(C34CC5CC(CC(C5)C3)C4)cc2)cc1. The molecule has 4 saturated carbocycles. The van der Waals surface area contributed by atoms with E-state index in [4.69, 9.17) is 9.47 Å². The van der Waals surface area contributed by atoms with Crippen molar-refractivity contribution in [3.63, 3.8) is 0 Å². The lowest BCUT2D eigenvalue weighted by Gasteiger charge is -2.57. The number of carbonyl (C=O) groups excluding carboxylic acids is 1. The van der Waals surface area contributed by atoms with E-state index in [1.807, 2.05) is 24.1 Å². The van der Waals surface area contributed by atoms with Crippen LogP contribution in [-0.2, 0) is 10.2 Å². The number of carbonyl (C=O) groups is 1. The van der Waals surface area contributed by atoms with Gasteiger partial charge in [-0.2, -0.15) is 0 Å². The molecule has 198 valence electrons. The fourth-order valence-corrected chi connectivity index (χ4v) is 7.97. The topological polar surface area (TPSA) is 42.0 Å². The van der Waals surface area contributed by atoms with E-state index >= 15 is 0 Å². The van der Waals surface area contributed by atoms with E-state index in [0.29, 0.717) is 16.7 Å². The molecule has 0 radical (unpaired) electrons. The molecule has 4 fully saturated rings. The number of esters is 1. The average molecular weight is 511 g/mol. The van der Waals surface area contributed by atoms with Crippen LogP contribution in [0.2, 0.25) is 0 Å². The van der Waals surface area contributed by atoms with E-state index in [1.54, 1.807) is 18.7 Å². The quantitative estimate of drug-likeness (QED) is 0.308. The molecule has 4 bridgehead atoms. The molecule has 38 heavy (non-hydrogen) atoms. The van der Waals surface area contributed by atoms with Crippen molar-refractivity contribution in [3.8, 4) is 5.75 Å². The number of ether oxygens (including phenoxy) is 2. The van der Waals surface area contributed by atoms with Crippen LogP contribution in [0.5, 0.6) is 5.75 Å². The largest absolute Gasteiger partial charge is 0.496 e. The van der Waals surface area contributed by atoms with Gasteiger partial charge in [0.2, 0.25) is 0 Å². The maximum Gasteiger partial charge on any atom is 0.343 e. The van der Waals surface area contributed by atoms with Crippen LogP contribution >= 0.6 is 0 Å². The molecule has 3 aromatic carbocycles. The lowest BCUT2D eigenvalue weighted by Crippen LogP contribution is -2.48. The summed E-state index contributed by atoms with van der Waals surface area (Å²) >= 11 is 0. The van der Waals surface area contributed by atoms with Gasteiger partial charge in [-0.3, -0.25) is 0 Å². The van der Waals surface area contributed by atoms with E-state index in [9.17, 15) is 4.79 Å². The summed E-state index contributed by atoms with van der Waals surface area (Å²) < 4.78 is 10.5. The van der Waals surface area contributed by atoms with Crippen LogP contribution in [0.3, 0.4) is 0 Å². The second-order valence-corrected chi connectivity index (χ2v) is 11.7. The Kier molecular flexibility index (Phi) is 6.33. The summed E-state index contributed by atoms with van der Waals surface area (Å²) in [6, 6.07) is 23.4. The minimum atomic E-state index is -0.419. The first-order valence-corrected chi connectivity index (χ1v) is 13.8. The summed E-state index contributed by atoms with van der Waals surface area (Å²) in [7, 11) is 7.02. The number of hydrogen-bond acceptors (Lipinski definition) is 5. The van der Waals surface area contributed by atoms with Crippen LogP contribution in [0.4, 0.5) is 22.7 Å². The normalized spacial score (nSPS) is 25.2. The second-order valence-electron chi connectivity index (χ2n) is 11.7. The van der Waals surface area contributed by atoms with Crippen molar-refractivity contribution >= 4 is 28.7 Å². The third kappa shape index (κ3) is 4.22. The van der Waals surface area contributed by atoms with Gasteiger partial charge in [0.05, 0.1) is 19.9 Å². The molecule has 0 spiro atoms. The van der Waals surface area contributed by atoms with Crippen LogP contribution in [-0.4, -0.2) is 34.3 Å². The molecule has 4 aliphatic carbocycles. The Hall–Kier alpha value is -3.47. The summed E-state index contributed by atoms with van der Waals surface area (Å²) in [5, 5.41) is 0. The molecule has 0 unspecified atom stereocenters. The maximum absolute atomic E-state index is 12.5. The minimum absolute atomic E-state index is 0.417. The summed E-state index contributed by atoms with van der Waals surface area (Å²) in [6.07, 6.45) is 8.63. The molecule has 0 N–H and O–H groups in total. The molecule has 5 nitrogen and oxygen atoms in total. The fourth-order valence-electron chi connectivity index (χ4n) is 7.97. The van der Waals surface area contributed by atoms with Gasteiger partial charge in [-0.05, 0) is 116 Å². The van der Waals surface area contributed by atoms with Crippen molar-refractivity contribution in [2.45, 2.75) is 43.9 Å². The molecule has 0 saturated heterocycles. The Morgan fingerprint density at radius 1 is 0.737 bits per heavy atom. The highest BCUT2D eigenvalue weighted by molar-refractivity contribution is 5.99. The summed E-state index contributed by atoms with van der Waals surface area (Å²) in [5.41, 5.74) is 6.42. The monoisotopic (exact) mass is 510 g/mol. The van der Waals surface area contributed by atoms with Crippen LogP contribution in [0.15, 0.2) is 66.7 Å². The summed E-state index contributed by atoms with van der Waals surface area (Å²) in [5.74, 6) is 2.95. The zero-order valence-electron chi connectivity index (χ0n) is 22.9. The van der Waals surface area contributed by atoms with Crippen molar-refractivity contribution < 1.29 is 14.3 Å². The Bertz CT molecular complexity index is 1280. The molecule has 0 aliphatic heterocycles. The van der Waals surface area contributed by atoms with E-state index in [0.717, 1.165) is 34.8 Å². The predicted molar refractivity (Wildman–Crippen MR) is 153 cm³/mol. The molecule has 0 amide bonds. The first-order chi connectivity index (χ1) is 18.4. The van der Waals surface area contributed by atoms with Crippen molar-refractivity contribution in [1.29, 1.82) is 0 Å². The number of benzene rings is 3. The molecule has 0 aromatic heterocycles. The Morgan fingerprint density at radius 2 is 1.24 bits per heavy atom. The third-order valence-electron chi connectivity index (χ3n) is 9.50. The second kappa shape index (κ2) is 9.68. The maximum atomic E-state index is 12.5. The smallest absolute Gasteiger partial charge is 0.343 e. The van der Waals surface area contributed by atoms with Crippen LogP contribution in [0, 0.1) is 17.8 Å². The van der Waals surface area contributed by atoms with Crippen molar-refractivity contribution in [2.75, 3.05) is 38.1 Å².